The third-order valence-corrected chi connectivity index (χ3v) is 2.89. The normalized spacial score (nSPS) is 43.4. The summed E-state index contributed by atoms with van der Waals surface area (Å²) in [6.07, 6.45) is -3.60. The van der Waals surface area contributed by atoms with Crippen LogP contribution in [0.2, 0.25) is 0 Å². The van der Waals surface area contributed by atoms with Crippen LogP contribution in [0.15, 0.2) is 0 Å². The second kappa shape index (κ2) is 2.12. The summed E-state index contributed by atoms with van der Waals surface area (Å²) in [5, 5.41) is 2.99. The van der Waals surface area contributed by atoms with E-state index in [1.165, 1.54) is 0 Å². The van der Waals surface area contributed by atoms with E-state index in [0.29, 0.717) is 18.9 Å². The van der Waals surface area contributed by atoms with Gasteiger partial charge in [0.2, 0.25) is 0 Å². The lowest BCUT2D eigenvalue weighted by Crippen LogP contribution is -2.44. The number of hydrogen-bond donors (Lipinski definition) is 1. The molecule has 0 aromatic rings. The van der Waals surface area contributed by atoms with Crippen molar-refractivity contribution in [1.82, 2.24) is 5.32 Å². The van der Waals surface area contributed by atoms with Gasteiger partial charge in [-0.05, 0) is 31.3 Å². The summed E-state index contributed by atoms with van der Waals surface area (Å²) in [6, 6.07) is 0. The molecule has 1 heterocycles. The van der Waals surface area contributed by atoms with E-state index < -0.39 is 12.1 Å². The smallest absolute Gasteiger partial charge is 0.316 e. The zero-order chi connectivity index (χ0) is 8.06. The minimum absolute atomic E-state index is 0.116. The molecule has 64 valence electrons. The second-order valence-electron chi connectivity index (χ2n) is 3.47. The van der Waals surface area contributed by atoms with Gasteiger partial charge < -0.3 is 5.32 Å². The Labute approximate surface area is 63.0 Å². The first-order valence-corrected chi connectivity index (χ1v) is 3.86. The molecule has 1 aliphatic carbocycles. The Hall–Kier alpha value is -0.250. The maximum absolute atomic E-state index is 12.1. The van der Waals surface area contributed by atoms with Crippen LogP contribution in [-0.2, 0) is 0 Å². The molecule has 2 rings (SSSR count). The summed E-state index contributed by atoms with van der Waals surface area (Å²) < 4.78 is 36.3. The number of halogens is 3. The van der Waals surface area contributed by atoms with Crippen LogP contribution in [-0.4, -0.2) is 19.3 Å². The predicted molar refractivity (Wildman–Crippen MR) is 34.0 cm³/mol. The fourth-order valence-corrected chi connectivity index (χ4v) is 2.16. The first kappa shape index (κ1) is 7.40. The predicted octanol–water partition coefficient (Wildman–Crippen LogP) is 1.40. The molecule has 3 atom stereocenters. The molecule has 2 fully saturated rings. The van der Waals surface area contributed by atoms with Crippen molar-refractivity contribution in [2.24, 2.45) is 17.8 Å². The molecule has 4 heteroatoms. The monoisotopic (exact) mass is 165 g/mol. The number of rotatable bonds is 0. The Balaban J connectivity index is 2.00. The molecule has 1 N–H and O–H groups in total. The molecule has 11 heavy (non-hydrogen) atoms. The average molecular weight is 165 g/mol. The first-order chi connectivity index (χ1) is 5.09. The Bertz CT molecular complexity index is 166. The van der Waals surface area contributed by atoms with Crippen molar-refractivity contribution in [3.63, 3.8) is 0 Å². The van der Waals surface area contributed by atoms with Gasteiger partial charge in [-0.3, -0.25) is 0 Å². The summed E-state index contributed by atoms with van der Waals surface area (Å²) >= 11 is 0. The van der Waals surface area contributed by atoms with Crippen molar-refractivity contribution in [1.29, 1.82) is 0 Å². The van der Waals surface area contributed by atoms with Gasteiger partial charge >= 0.3 is 6.18 Å². The van der Waals surface area contributed by atoms with Gasteiger partial charge in [0, 0.05) is 0 Å². The molecule has 1 aliphatic heterocycles. The van der Waals surface area contributed by atoms with E-state index in [2.05, 4.69) is 5.32 Å². The van der Waals surface area contributed by atoms with Gasteiger partial charge in [-0.2, -0.15) is 13.2 Å². The highest BCUT2D eigenvalue weighted by atomic mass is 19.4. The van der Waals surface area contributed by atoms with Gasteiger partial charge in [0.25, 0.3) is 0 Å². The van der Waals surface area contributed by atoms with E-state index in [4.69, 9.17) is 0 Å². The van der Waals surface area contributed by atoms with Crippen molar-refractivity contribution < 1.29 is 13.2 Å². The number of nitrogens with one attached hydrogen (secondary N) is 1. The maximum atomic E-state index is 12.1. The summed E-state index contributed by atoms with van der Waals surface area (Å²) in [7, 11) is 0. The number of fused-ring (bicyclic) bond motifs is 1. The summed E-state index contributed by atoms with van der Waals surface area (Å²) in [4.78, 5) is 0. The Kier molecular flexibility index (Phi) is 1.43. The minimum atomic E-state index is -3.95. The molecule has 1 saturated carbocycles. The Morgan fingerprint density at radius 2 is 1.91 bits per heavy atom. The van der Waals surface area contributed by atoms with Gasteiger partial charge in [0.05, 0.1) is 5.92 Å². The highest BCUT2D eigenvalue weighted by Crippen LogP contribution is 2.50. The van der Waals surface area contributed by atoms with Crippen LogP contribution in [0, 0.1) is 17.8 Å². The highest BCUT2D eigenvalue weighted by Gasteiger charge is 2.56. The molecule has 2 aliphatic rings. The van der Waals surface area contributed by atoms with Crippen molar-refractivity contribution in [2.75, 3.05) is 13.1 Å². The van der Waals surface area contributed by atoms with Crippen LogP contribution in [0.3, 0.4) is 0 Å². The molecule has 1 nitrogen and oxygen atoms in total. The Morgan fingerprint density at radius 1 is 1.18 bits per heavy atom. The highest BCUT2D eigenvalue weighted by molar-refractivity contribution is 4.98. The fourth-order valence-electron chi connectivity index (χ4n) is 2.16. The van der Waals surface area contributed by atoms with Crippen LogP contribution >= 0.6 is 0 Å². The molecule has 1 unspecified atom stereocenters. The van der Waals surface area contributed by atoms with Crippen molar-refractivity contribution in [3.8, 4) is 0 Å². The lowest BCUT2D eigenvalue weighted by atomic mass is 9.66. The Morgan fingerprint density at radius 3 is 2.45 bits per heavy atom. The van der Waals surface area contributed by atoms with E-state index in [1.54, 1.807) is 0 Å². The van der Waals surface area contributed by atoms with Gasteiger partial charge in [0.15, 0.2) is 0 Å². The fraction of sp³-hybridized carbons (Fsp3) is 1.00. The van der Waals surface area contributed by atoms with Gasteiger partial charge in [-0.15, -0.1) is 0 Å². The molecular weight excluding hydrogens is 155 g/mol. The lowest BCUT2D eigenvalue weighted by Gasteiger charge is -2.40. The molecule has 0 aromatic heterocycles. The van der Waals surface area contributed by atoms with Crippen LogP contribution in [0.25, 0.3) is 0 Å². The topological polar surface area (TPSA) is 12.0 Å². The maximum Gasteiger partial charge on any atom is 0.392 e. The first-order valence-electron chi connectivity index (χ1n) is 3.86. The average Bonchev–Trinajstić information content (AvgIpc) is 2.08. The SMILES string of the molecule is FC(F)(F)C1C[C@@H]2CNC[C@H]12. The van der Waals surface area contributed by atoms with Crippen molar-refractivity contribution >= 4 is 0 Å². The molecule has 0 spiro atoms. The van der Waals surface area contributed by atoms with Gasteiger partial charge in [-0.25, -0.2) is 0 Å². The molecule has 0 radical (unpaired) electrons. The molecule has 0 bridgehead atoms. The van der Waals surface area contributed by atoms with Crippen molar-refractivity contribution in [2.45, 2.75) is 12.6 Å². The van der Waals surface area contributed by atoms with Crippen molar-refractivity contribution in [3.05, 3.63) is 0 Å². The van der Waals surface area contributed by atoms with E-state index in [9.17, 15) is 13.2 Å². The van der Waals surface area contributed by atoms with E-state index in [1.807, 2.05) is 0 Å². The minimum Gasteiger partial charge on any atom is -0.316 e. The number of hydrogen-bond acceptors (Lipinski definition) is 1. The second-order valence-corrected chi connectivity index (χ2v) is 3.47. The molecular formula is C7H10F3N. The van der Waals surface area contributed by atoms with Gasteiger partial charge in [0.1, 0.15) is 0 Å². The van der Waals surface area contributed by atoms with Gasteiger partial charge in [-0.1, -0.05) is 0 Å². The standard InChI is InChI=1S/C7H10F3N/c8-7(9,10)6-1-4-2-11-3-5(4)6/h4-6,11H,1-3H2/t4-,5+,6?/m1/s1. The third-order valence-electron chi connectivity index (χ3n) is 2.89. The lowest BCUT2D eigenvalue weighted by molar-refractivity contribution is -0.220. The summed E-state index contributed by atoms with van der Waals surface area (Å²) in [5.41, 5.74) is 0. The summed E-state index contributed by atoms with van der Waals surface area (Å²) in [6.45, 7) is 1.35. The van der Waals surface area contributed by atoms with Crippen LogP contribution < -0.4 is 5.32 Å². The van der Waals surface area contributed by atoms with E-state index >= 15 is 0 Å². The van der Waals surface area contributed by atoms with E-state index in [0.717, 1.165) is 6.54 Å². The molecule has 1 saturated heterocycles. The van der Waals surface area contributed by atoms with E-state index in [-0.39, 0.29) is 5.92 Å². The van der Waals surface area contributed by atoms with Crippen LogP contribution in [0.4, 0.5) is 13.2 Å². The van der Waals surface area contributed by atoms with Crippen LogP contribution in [0.1, 0.15) is 6.42 Å². The largest absolute Gasteiger partial charge is 0.392 e. The molecule has 0 amide bonds. The zero-order valence-corrected chi connectivity index (χ0v) is 5.99. The summed E-state index contributed by atoms with van der Waals surface area (Å²) in [5.74, 6) is -0.820. The van der Waals surface area contributed by atoms with Crippen LogP contribution in [0.5, 0.6) is 0 Å². The number of alkyl halides is 3. The zero-order valence-electron chi connectivity index (χ0n) is 5.99. The third kappa shape index (κ3) is 1.04. The quantitative estimate of drug-likeness (QED) is 0.572. The molecule has 0 aromatic carbocycles.